The van der Waals surface area contributed by atoms with Gasteiger partial charge in [0.05, 0.1) is 0 Å². The molecule has 1 aliphatic carbocycles. The van der Waals surface area contributed by atoms with Crippen molar-refractivity contribution < 1.29 is 13.2 Å². The first-order valence-electron chi connectivity index (χ1n) is 5.62. The van der Waals surface area contributed by atoms with Crippen molar-refractivity contribution in [2.45, 2.75) is 29.7 Å². The first-order chi connectivity index (χ1) is 8.03. The number of benzene rings is 1. The second-order valence-electron chi connectivity index (χ2n) is 4.25. The second kappa shape index (κ2) is 5.21. The van der Waals surface area contributed by atoms with Crippen molar-refractivity contribution >= 4 is 17.4 Å². The van der Waals surface area contributed by atoms with Crippen molar-refractivity contribution in [2.24, 2.45) is 5.92 Å². The van der Waals surface area contributed by atoms with Crippen molar-refractivity contribution in [3.8, 4) is 0 Å². The molecule has 0 unspecified atom stereocenters. The first kappa shape index (κ1) is 12.6. The lowest BCUT2D eigenvalue weighted by molar-refractivity contribution is -0.0328. The molecule has 2 rings (SSSR count). The minimum atomic E-state index is -4.21. The van der Waals surface area contributed by atoms with Crippen LogP contribution in [0.1, 0.15) is 19.3 Å². The van der Waals surface area contributed by atoms with Crippen LogP contribution in [0.3, 0.4) is 0 Å². The topological polar surface area (TPSA) is 12.0 Å². The van der Waals surface area contributed by atoms with E-state index in [-0.39, 0.29) is 16.7 Å². The van der Waals surface area contributed by atoms with Gasteiger partial charge in [0.2, 0.25) is 0 Å². The fourth-order valence-electron chi connectivity index (χ4n) is 1.73. The quantitative estimate of drug-likeness (QED) is 0.800. The van der Waals surface area contributed by atoms with E-state index in [0.717, 1.165) is 18.2 Å². The van der Waals surface area contributed by atoms with E-state index in [9.17, 15) is 13.2 Å². The summed E-state index contributed by atoms with van der Waals surface area (Å²) in [5.41, 5.74) is -3.32. The number of hydrogen-bond donors (Lipinski definition) is 1. The molecule has 1 aliphatic rings. The molecule has 1 nitrogen and oxygen atoms in total. The maximum atomic E-state index is 12.1. The first-order valence-corrected chi connectivity index (χ1v) is 6.44. The normalized spacial score (nSPS) is 16.6. The summed E-state index contributed by atoms with van der Waals surface area (Å²) in [5.74, 6) is 0.735. The van der Waals surface area contributed by atoms with E-state index in [1.807, 2.05) is 0 Å². The van der Waals surface area contributed by atoms with Gasteiger partial charge in [-0.2, -0.15) is 13.2 Å². The van der Waals surface area contributed by atoms with Gasteiger partial charge < -0.3 is 5.32 Å². The highest BCUT2D eigenvalue weighted by atomic mass is 32.2. The van der Waals surface area contributed by atoms with E-state index < -0.39 is 5.51 Å². The smallest absolute Gasteiger partial charge is 0.385 e. The van der Waals surface area contributed by atoms with E-state index in [2.05, 4.69) is 5.32 Å². The van der Waals surface area contributed by atoms with Crippen LogP contribution in [-0.2, 0) is 0 Å². The van der Waals surface area contributed by atoms with Crippen molar-refractivity contribution in [1.29, 1.82) is 0 Å². The average Bonchev–Trinajstić information content (AvgIpc) is 2.16. The molecule has 0 aliphatic heterocycles. The molecule has 0 spiro atoms. The zero-order valence-corrected chi connectivity index (χ0v) is 10.1. The fraction of sp³-hybridized carbons (Fsp3) is 0.500. The predicted molar refractivity (Wildman–Crippen MR) is 64.2 cm³/mol. The summed E-state index contributed by atoms with van der Waals surface area (Å²) in [7, 11) is 0. The Hall–Kier alpha value is -0.840. The van der Waals surface area contributed by atoms with Gasteiger partial charge in [0.25, 0.3) is 0 Å². The predicted octanol–water partition coefficient (Wildman–Crippen LogP) is 4.51. The Morgan fingerprint density at radius 2 is 1.82 bits per heavy atom. The highest BCUT2D eigenvalue weighted by molar-refractivity contribution is 8.00. The van der Waals surface area contributed by atoms with E-state index in [1.54, 1.807) is 12.1 Å². The number of alkyl halides is 3. The Bertz CT molecular complexity index is 357. The van der Waals surface area contributed by atoms with Gasteiger partial charge in [0, 0.05) is 17.1 Å². The summed E-state index contributed by atoms with van der Waals surface area (Å²) in [6.07, 6.45) is 3.82. The summed E-state index contributed by atoms with van der Waals surface area (Å²) in [6, 6.07) is 6.40. The molecule has 1 saturated carbocycles. The molecule has 1 aromatic carbocycles. The number of anilines is 1. The summed E-state index contributed by atoms with van der Waals surface area (Å²) in [5, 5.41) is 3.25. The minimum absolute atomic E-state index is 0.0783. The van der Waals surface area contributed by atoms with Crippen LogP contribution in [-0.4, -0.2) is 12.1 Å². The van der Waals surface area contributed by atoms with Crippen LogP contribution < -0.4 is 5.32 Å². The highest BCUT2D eigenvalue weighted by Crippen LogP contribution is 2.37. The van der Waals surface area contributed by atoms with E-state index in [4.69, 9.17) is 0 Å². The molecule has 0 amide bonds. The zero-order chi connectivity index (χ0) is 12.3. The molecule has 0 saturated heterocycles. The number of thioether (sulfide) groups is 1. The molecule has 1 N–H and O–H groups in total. The molecule has 1 fully saturated rings. The van der Waals surface area contributed by atoms with Gasteiger partial charge >= 0.3 is 5.51 Å². The van der Waals surface area contributed by atoms with Crippen molar-refractivity contribution in [1.82, 2.24) is 0 Å². The van der Waals surface area contributed by atoms with Gasteiger partial charge in [-0.1, -0.05) is 6.42 Å². The second-order valence-corrected chi connectivity index (χ2v) is 5.39. The Morgan fingerprint density at radius 3 is 2.29 bits per heavy atom. The SMILES string of the molecule is FC(F)(F)Sc1ccc(NCC2CCC2)cc1. The Morgan fingerprint density at radius 1 is 1.18 bits per heavy atom. The van der Waals surface area contributed by atoms with Crippen molar-refractivity contribution in [2.75, 3.05) is 11.9 Å². The largest absolute Gasteiger partial charge is 0.446 e. The standard InChI is InChI=1S/C12H14F3NS/c13-12(14,15)17-11-6-4-10(5-7-11)16-8-9-2-1-3-9/h4-7,9,16H,1-3,8H2. The van der Waals surface area contributed by atoms with Gasteiger partial charge in [0.15, 0.2) is 0 Å². The average molecular weight is 261 g/mol. The van der Waals surface area contributed by atoms with E-state index in [1.165, 1.54) is 31.4 Å². The molecule has 17 heavy (non-hydrogen) atoms. The third-order valence-electron chi connectivity index (χ3n) is 2.91. The number of rotatable bonds is 4. The van der Waals surface area contributed by atoms with Gasteiger partial charge in [-0.05, 0) is 54.8 Å². The third-order valence-corrected chi connectivity index (χ3v) is 3.65. The number of halogens is 3. The number of hydrogen-bond acceptors (Lipinski definition) is 2. The van der Waals surface area contributed by atoms with Crippen LogP contribution in [0.4, 0.5) is 18.9 Å². The molecule has 5 heteroatoms. The van der Waals surface area contributed by atoms with Crippen LogP contribution in [0, 0.1) is 5.92 Å². The molecule has 1 aromatic rings. The summed E-state index contributed by atoms with van der Waals surface area (Å²) in [4.78, 5) is 0.228. The maximum Gasteiger partial charge on any atom is 0.446 e. The highest BCUT2D eigenvalue weighted by Gasteiger charge is 2.29. The summed E-state index contributed by atoms with van der Waals surface area (Å²) < 4.78 is 36.3. The maximum absolute atomic E-state index is 12.1. The Labute approximate surface area is 103 Å². The molecular weight excluding hydrogens is 247 g/mol. The van der Waals surface area contributed by atoms with Crippen LogP contribution in [0.15, 0.2) is 29.2 Å². The lowest BCUT2D eigenvalue weighted by Gasteiger charge is -2.25. The molecule has 94 valence electrons. The van der Waals surface area contributed by atoms with Crippen LogP contribution >= 0.6 is 11.8 Å². The molecule has 0 heterocycles. The lowest BCUT2D eigenvalue weighted by Crippen LogP contribution is -2.20. The Balaban J connectivity index is 1.84. The van der Waals surface area contributed by atoms with E-state index >= 15 is 0 Å². The molecular formula is C12H14F3NS. The molecule has 0 aromatic heterocycles. The summed E-state index contributed by atoms with van der Waals surface area (Å²) in [6.45, 7) is 0.922. The Kier molecular flexibility index (Phi) is 3.86. The lowest BCUT2D eigenvalue weighted by atomic mass is 9.85. The van der Waals surface area contributed by atoms with Gasteiger partial charge in [-0.15, -0.1) is 0 Å². The van der Waals surface area contributed by atoms with Crippen LogP contribution in [0.25, 0.3) is 0 Å². The van der Waals surface area contributed by atoms with Crippen molar-refractivity contribution in [3.05, 3.63) is 24.3 Å². The minimum Gasteiger partial charge on any atom is -0.385 e. The van der Waals surface area contributed by atoms with E-state index in [0.29, 0.717) is 0 Å². The molecule has 0 radical (unpaired) electrons. The summed E-state index contributed by atoms with van der Waals surface area (Å²) >= 11 is -0.0783. The van der Waals surface area contributed by atoms with Gasteiger partial charge in [-0.25, -0.2) is 0 Å². The van der Waals surface area contributed by atoms with Gasteiger partial charge in [-0.3, -0.25) is 0 Å². The third kappa shape index (κ3) is 4.15. The van der Waals surface area contributed by atoms with Crippen LogP contribution in [0.5, 0.6) is 0 Å². The van der Waals surface area contributed by atoms with Crippen LogP contribution in [0.2, 0.25) is 0 Å². The zero-order valence-electron chi connectivity index (χ0n) is 9.26. The number of nitrogens with one attached hydrogen (secondary N) is 1. The fourth-order valence-corrected chi connectivity index (χ4v) is 2.27. The van der Waals surface area contributed by atoms with Gasteiger partial charge in [0.1, 0.15) is 0 Å². The van der Waals surface area contributed by atoms with Crippen molar-refractivity contribution in [3.63, 3.8) is 0 Å². The molecule has 0 atom stereocenters. The molecule has 0 bridgehead atoms. The monoisotopic (exact) mass is 261 g/mol.